The number of benzene rings is 3. The molecule has 0 spiro atoms. The maximum Gasteiger partial charge on any atom is 0.143 e. The lowest BCUT2D eigenvalue weighted by Gasteiger charge is -2.11. The Kier molecular flexibility index (Phi) is 5.14. The summed E-state index contributed by atoms with van der Waals surface area (Å²) in [5, 5.41) is 4.69. The van der Waals surface area contributed by atoms with E-state index in [-0.39, 0.29) is 0 Å². The van der Waals surface area contributed by atoms with Gasteiger partial charge in [0.15, 0.2) is 0 Å². The minimum atomic E-state index is 0.762. The molecule has 0 radical (unpaired) electrons. The fourth-order valence-electron chi connectivity index (χ4n) is 2.57. The van der Waals surface area contributed by atoms with Gasteiger partial charge in [-0.2, -0.15) is 5.10 Å². The monoisotopic (exact) mass is 330 g/mol. The van der Waals surface area contributed by atoms with Crippen LogP contribution in [0.15, 0.2) is 77.9 Å². The first-order valence-electron chi connectivity index (χ1n) is 8.28. The highest BCUT2D eigenvalue weighted by atomic mass is 16.5. The molecule has 0 aliphatic carbocycles. The van der Waals surface area contributed by atoms with Gasteiger partial charge in [-0.3, -0.25) is 5.43 Å². The van der Waals surface area contributed by atoms with Crippen molar-refractivity contribution in [3.05, 3.63) is 95.1 Å². The molecule has 3 aromatic rings. The number of para-hydroxylation sites is 2. The zero-order valence-electron chi connectivity index (χ0n) is 14.8. The van der Waals surface area contributed by atoms with Gasteiger partial charge >= 0.3 is 0 Å². The van der Waals surface area contributed by atoms with Gasteiger partial charge in [-0.1, -0.05) is 71.8 Å². The van der Waals surface area contributed by atoms with E-state index in [1.807, 2.05) is 24.3 Å². The van der Waals surface area contributed by atoms with Crippen LogP contribution >= 0.6 is 0 Å². The number of hydrazone groups is 1. The number of hydrogen-bond acceptors (Lipinski definition) is 3. The molecule has 0 atom stereocenters. The van der Waals surface area contributed by atoms with Crippen molar-refractivity contribution in [2.24, 2.45) is 5.10 Å². The Morgan fingerprint density at radius 2 is 1.28 bits per heavy atom. The fourth-order valence-corrected chi connectivity index (χ4v) is 2.57. The van der Waals surface area contributed by atoms with Crippen molar-refractivity contribution in [2.75, 3.05) is 12.5 Å². The van der Waals surface area contributed by atoms with Crippen molar-refractivity contribution in [3.63, 3.8) is 0 Å². The number of hydrogen-bond donors (Lipinski definition) is 1. The number of methoxy groups -OCH3 is 1. The molecular formula is C22H22N2O. The number of rotatable bonds is 5. The molecule has 0 fully saturated rings. The second kappa shape index (κ2) is 7.67. The van der Waals surface area contributed by atoms with Crippen LogP contribution in [0.3, 0.4) is 0 Å². The Labute approximate surface area is 149 Å². The van der Waals surface area contributed by atoms with Crippen LogP contribution in [0.25, 0.3) is 0 Å². The molecule has 0 aromatic heterocycles. The lowest BCUT2D eigenvalue weighted by molar-refractivity contribution is 0.416. The zero-order chi connectivity index (χ0) is 17.6. The Balaban J connectivity index is 2.01. The summed E-state index contributed by atoms with van der Waals surface area (Å²) < 4.78 is 5.39. The van der Waals surface area contributed by atoms with Crippen LogP contribution in [0, 0.1) is 13.8 Å². The van der Waals surface area contributed by atoms with Gasteiger partial charge in [0.1, 0.15) is 5.75 Å². The number of anilines is 1. The van der Waals surface area contributed by atoms with Gasteiger partial charge in [-0.05, 0) is 26.0 Å². The van der Waals surface area contributed by atoms with E-state index in [9.17, 15) is 0 Å². The standard InChI is InChI=1S/C22H22N2O/c1-16-8-12-18(13-9-16)22(19-14-10-17(2)11-15-19)24-23-20-6-4-5-7-21(20)25-3/h4-15,23H,1-3H3. The van der Waals surface area contributed by atoms with Gasteiger partial charge in [0.2, 0.25) is 0 Å². The average molecular weight is 330 g/mol. The molecular weight excluding hydrogens is 308 g/mol. The number of ether oxygens (including phenoxy) is 1. The minimum Gasteiger partial charge on any atom is -0.495 e. The normalized spacial score (nSPS) is 10.2. The van der Waals surface area contributed by atoms with E-state index in [1.54, 1.807) is 7.11 Å². The van der Waals surface area contributed by atoms with Crippen LogP contribution < -0.4 is 10.2 Å². The third kappa shape index (κ3) is 4.07. The molecule has 3 nitrogen and oxygen atoms in total. The fraction of sp³-hybridized carbons (Fsp3) is 0.136. The molecule has 0 saturated carbocycles. The smallest absolute Gasteiger partial charge is 0.143 e. The SMILES string of the molecule is COc1ccccc1NN=C(c1ccc(C)cc1)c1ccc(C)cc1. The van der Waals surface area contributed by atoms with Gasteiger partial charge < -0.3 is 4.74 Å². The number of nitrogens with zero attached hydrogens (tertiary/aromatic N) is 1. The molecule has 0 aliphatic rings. The largest absolute Gasteiger partial charge is 0.495 e. The summed E-state index contributed by atoms with van der Waals surface area (Å²) in [4.78, 5) is 0. The quantitative estimate of drug-likeness (QED) is 0.517. The Morgan fingerprint density at radius 3 is 1.80 bits per heavy atom. The highest BCUT2D eigenvalue weighted by Crippen LogP contribution is 2.23. The third-order valence-corrected chi connectivity index (χ3v) is 4.05. The van der Waals surface area contributed by atoms with Crippen molar-refractivity contribution in [1.29, 1.82) is 0 Å². The maximum atomic E-state index is 5.39. The van der Waals surface area contributed by atoms with Crippen molar-refractivity contribution in [1.82, 2.24) is 0 Å². The number of aryl methyl sites for hydroxylation is 2. The molecule has 0 unspecified atom stereocenters. The van der Waals surface area contributed by atoms with Gasteiger partial charge in [-0.15, -0.1) is 0 Å². The molecule has 1 N–H and O–H groups in total. The highest BCUT2D eigenvalue weighted by molar-refractivity contribution is 6.13. The first kappa shape index (κ1) is 16.8. The zero-order valence-corrected chi connectivity index (χ0v) is 14.8. The summed E-state index contributed by atoms with van der Waals surface area (Å²) in [6.45, 7) is 4.17. The second-order valence-corrected chi connectivity index (χ2v) is 6.00. The first-order chi connectivity index (χ1) is 12.2. The summed E-state index contributed by atoms with van der Waals surface area (Å²) in [6.07, 6.45) is 0. The molecule has 3 rings (SSSR count). The lowest BCUT2D eigenvalue weighted by Crippen LogP contribution is -2.07. The number of nitrogens with one attached hydrogen (secondary N) is 1. The van der Waals surface area contributed by atoms with Crippen molar-refractivity contribution < 1.29 is 4.74 Å². The first-order valence-corrected chi connectivity index (χ1v) is 8.28. The van der Waals surface area contributed by atoms with E-state index in [1.165, 1.54) is 11.1 Å². The van der Waals surface area contributed by atoms with E-state index in [2.05, 4.69) is 72.9 Å². The predicted octanol–water partition coefficient (Wildman–Crippen LogP) is 5.18. The second-order valence-electron chi connectivity index (χ2n) is 6.00. The van der Waals surface area contributed by atoms with Gasteiger partial charge in [0, 0.05) is 11.1 Å². The summed E-state index contributed by atoms with van der Waals surface area (Å²) in [6, 6.07) is 24.5. The molecule has 3 heteroatoms. The molecule has 0 amide bonds. The summed E-state index contributed by atoms with van der Waals surface area (Å²) in [7, 11) is 1.66. The van der Waals surface area contributed by atoms with Crippen molar-refractivity contribution in [3.8, 4) is 5.75 Å². The van der Waals surface area contributed by atoms with Crippen molar-refractivity contribution in [2.45, 2.75) is 13.8 Å². The van der Waals surface area contributed by atoms with E-state index in [4.69, 9.17) is 4.74 Å². The van der Waals surface area contributed by atoms with Gasteiger partial charge in [0.05, 0.1) is 18.5 Å². The third-order valence-electron chi connectivity index (χ3n) is 4.05. The molecule has 0 aliphatic heterocycles. The van der Waals surface area contributed by atoms with Crippen LogP contribution in [0.5, 0.6) is 5.75 Å². The molecule has 25 heavy (non-hydrogen) atoms. The highest BCUT2D eigenvalue weighted by Gasteiger charge is 2.08. The molecule has 0 saturated heterocycles. The van der Waals surface area contributed by atoms with Crippen LogP contribution in [-0.4, -0.2) is 12.8 Å². The summed E-state index contributed by atoms with van der Waals surface area (Å²) in [5.41, 5.74) is 9.47. The van der Waals surface area contributed by atoms with Crippen molar-refractivity contribution >= 4 is 11.4 Å². The summed E-state index contributed by atoms with van der Waals surface area (Å²) >= 11 is 0. The van der Waals surface area contributed by atoms with E-state index >= 15 is 0 Å². The van der Waals surface area contributed by atoms with Gasteiger partial charge in [-0.25, -0.2) is 0 Å². The maximum absolute atomic E-state index is 5.39. The van der Waals surface area contributed by atoms with Crippen LogP contribution in [0.4, 0.5) is 5.69 Å². The average Bonchev–Trinajstić information content (AvgIpc) is 2.65. The Hall–Kier alpha value is -3.07. The van der Waals surface area contributed by atoms with E-state index in [0.29, 0.717) is 0 Å². The minimum absolute atomic E-state index is 0.762. The predicted molar refractivity (Wildman–Crippen MR) is 105 cm³/mol. The van der Waals surface area contributed by atoms with E-state index in [0.717, 1.165) is 28.3 Å². The van der Waals surface area contributed by atoms with Gasteiger partial charge in [0.25, 0.3) is 0 Å². The Bertz CT molecular complexity index is 818. The van der Waals surface area contributed by atoms with Crippen LogP contribution in [-0.2, 0) is 0 Å². The molecule has 0 bridgehead atoms. The topological polar surface area (TPSA) is 33.6 Å². The molecule has 126 valence electrons. The molecule has 0 heterocycles. The summed E-state index contributed by atoms with van der Waals surface area (Å²) in [5.74, 6) is 0.762. The lowest BCUT2D eigenvalue weighted by atomic mass is 10.0. The van der Waals surface area contributed by atoms with E-state index < -0.39 is 0 Å². The van der Waals surface area contributed by atoms with Crippen LogP contribution in [0.2, 0.25) is 0 Å². The van der Waals surface area contributed by atoms with Crippen LogP contribution in [0.1, 0.15) is 22.3 Å². The molecule has 3 aromatic carbocycles. The Morgan fingerprint density at radius 1 is 0.760 bits per heavy atom.